The number of rotatable bonds is 14. The van der Waals surface area contributed by atoms with Gasteiger partial charge < -0.3 is 35.7 Å². The van der Waals surface area contributed by atoms with Gasteiger partial charge in [0.15, 0.2) is 0 Å². The Hall–Kier alpha value is -0.280. The number of nitrogens with one attached hydrogen (secondary N) is 1. The molecule has 128 valence electrons. The quantitative estimate of drug-likeness (QED) is 0.307. The third-order valence-electron chi connectivity index (χ3n) is 2.40. The lowest BCUT2D eigenvalue weighted by Crippen LogP contribution is -2.40. The summed E-state index contributed by atoms with van der Waals surface area (Å²) in [6, 6.07) is 0.497. The zero-order chi connectivity index (χ0) is 16.1. The van der Waals surface area contributed by atoms with Gasteiger partial charge in [-0.25, -0.2) is 0 Å². The van der Waals surface area contributed by atoms with E-state index in [1.165, 1.54) is 0 Å². The van der Waals surface area contributed by atoms with Gasteiger partial charge in [0, 0.05) is 24.2 Å². The van der Waals surface area contributed by atoms with Crippen molar-refractivity contribution in [3.63, 3.8) is 0 Å². The van der Waals surface area contributed by atoms with Gasteiger partial charge in [0.25, 0.3) is 0 Å². The van der Waals surface area contributed by atoms with E-state index in [0.717, 1.165) is 0 Å². The summed E-state index contributed by atoms with van der Waals surface area (Å²) >= 11 is 0. The second kappa shape index (κ2) is 13.4. The molecule has 0 fully saturated rings. The van der Waals surface area contributed by atoms with Crippen LogP contribution in [0.5, 0.6) is 0 Å². The Balaban J connectivity index is 3.41. The molecule has 0 spiro atoms. The third-order valence-corrected chi connectivity index (χ3v) is 2.40. The Morgan fingerprint density at radius 2 is 1.00 bits per heavy atom. The first kappa shape index (κ1) is 20.7. The summed E-state index contributed by atoms with van der Waals surface area (Å²) < 4.78 is 21.3. The maximum atomic E-state index is 5.56. The minimum absolute atomic E-state index is 0.0331. The molecule has 0 aromatic heterocycles. The normalized spacial score (nSPS) is 17.4. The molecule has 0 amide bonds. The van der Waals surface area contributed by atoms with Gasteiger partial charge in [-0.3, -0.25) is 0 Å². The summed E-state index contributed by atoms with van der Waals surface area (Å²) in [7, 11) is 0. The fraction of sp³-hybridized carbons (Fsp3) is 1.00. The molecule has 0 bridgehead atoms. The van der Waals surface area contributed by atoms with E-state index in [1.54, 1.807) is 0 Å². The van der Waals surface area contributed by atoms with Crippen LogP contribution in [-0.4, -0.2) is 64.2 Å². The van der Waals surface area contributed by atoms with Crippen molar-refractivity contribution in [3.8, 4) is 0 Å². The summed E-state index contributed by atoms with van der Waals surface area (Å²) in [5, 5.41) is 3.37. The van der Waals surface area contributed by atoms with Gasteiger partial charge in [0.05, 0.1) is 26.4 Å². The molecule has 0 aromatic rings. The molecule has 0 radical (unpaired) electrons. The minimum Gasteiger partial charge on any atom is -0.354 e. The van der Waals surface area contributed by atoms with Crippen molar-refractivity contribution in [1.82, 2.24) is 5.32 Å². The monoisotopic (exact) mass is 307 g/mol. The van der Waals surface area contributed by atoms with E-state index in [2.05, 4.69) is 19.2 Å². The molecule has 0 aliphatic heterocycles. The predicted molar refractivity (Wildman–Crippen MR) is 82.9 cm³/mol. The predicted octanol–water partition coefficient (Wildman–Crippen LogP) is 0.0288. The highest BCUT2D eigenvalue weighted by Crippen LogP contribution is 1.92. The Morgan fingerprint density at radius 3 is 1.33 bits per heavy atom. The van der Waals surface area contributed by atoms with Crippen LogP contribution in [-0.2, 0) is 18.9 Å². The first-order valence-electron chi connectivity index (χ1n) is 7.50. The van der Waals surface area contributed by atoms with Crippen molar-refractivity contribution in [2.75, 3.05) is 40.0 Å². The Morgan fingerprint density at radius 1 is 0.667 bits per heavy atom. The van der Waals surface area contributed by atoms with Crippen molar-refractivity contribution in [2.45, 2.75) is 51.9 Å². The van der Waals surface area contributed by atoms with Crippen molar-refractivity contribution in [2.24, 2.45) is 11.5 Å². The molecule has 7 heteroatoms. The number of hydrogen-bond acceptors (Lipinski definition) is 7. The van der Waals surface area contributed by atoms with Crippen molar-refractivity contribution < 1.29 is 18.9 Å². The van der Waals surface area contributed by atoms with Crippen molar-refractivity contribution >= 4 is 0 Å². The average molecular weight is 307 g/mol. The van der Waals surface area contributed by atoms with Crippen LogP contribution in [0, 0.1) is 0 Å². The van der Waals surface area contributed by atoms with E-state index in [9.17, 15) is 0 Å². The second-order valence-electron chi connectivity index (χ2n) is 5.64. The van der Waals surface area contributed by atoms with Crippen LogP contribution in [0.4, 0.5) is 0 Å². The summed E-state index contributed by atoms with van der Waals surface area (Å²) in [4.78, 5) is 0. The van der Waals surface area contributed by atoms with E-state index in [-0.39, 0.29) is 37.8 Å². The summed E-state index contributed by atoms with van der Waals surface area (Å²) in [5.41, 5.74) is 11.1. The van der Waals surface area contributed by atoms with Crippen LogP contribution in [0.25, 0.3) is 0 Å². The van der Waals surface area contributed by atoms with Gasteiger partial charge in [0.1, 0.15) is 13.6 Å². The summed E-state index contributed by atoms with van der Waals surface area (Å²) in [6.07, 6.45) is 0. The van der Waals surface area contributed by atoms with E-state index >= 15 is 0 Å². The summed E-state index contributed by atoms with van der Waals surface area (Å²) in [5.74, 6) is 0. The molecule has 0 rings (SSSR count). The van der Waals surface area contributed by atoms with Gasteiger partial charge in [-0.2, -0.15) is 0 Å². The number of hydrogen-bond donors (Lipinski definition) is 3. The Labute approximate surface area is 128 Å². The maximum absolute atomic E-state index is 5.56. The summed E-state index contributed by atoms with van der Waals surface area (Å²) in [6.45, 7) is 10.6. The van der Waals surface area contributed by atoms with Crippen LogP contribution in [0.1, 0.15) is 27.7 Å². The van der Waals surface area contributed by atoms with Gasteiger partial charge >= 0.3 is 0 Å². The topological polar surface area (TPSA) is 101 Å². The highest BCUT2D eigenvalue weighted by Gasteiger charge is 2.08. The maximum Gasteiger partial charge on any atom is 0.146 e. The molecular formula is C14H33N3O4. The van der Waals surface area contributed by atoms with Crippen LogP contribution in [0.15, 0.2) is 0 Å². The third kappa shape index (κ3) is 15.9. The molecule has 4 atom stereocenters. The Kier molecular flexibility index (Phi) is 13.2. The van der Waals surface area contributed by atoms with Crippen LogP contribution >= 0.6 is 0 Å². The van der Waals surface area contributed by atoms with Gasteiger partial charge in [-0.05, 0) is 27.7 Å². The lowest BCUT2D eigenvalue weighted by Gasteiger charge is -2.20. The molecule has 0 aliphatic rings. The molecule has 0 aliphatic carbocycles. The molecule has 7 nitrogen and oxygen atoms in total. The standard InChI is InChI=1S/C14H33N3O4/c1-11(15)5-18-9-20-7-13(3)17-14(4)8-21-10-19-6-12(2)16/h11-14,17H,5-10,15-16H2,1-4H3. The van der Waals surface area contributed by atoms with E-state index < -0.39 is 0 Å². The molecule has 0 saturated heterocycles. The largest absolute Gasteiger partial charge is 0.354 e. The highest BCUT2D eigenvalue weighted by molar-refractivity contribution is 4.66. The average Bonchev–Trinajstić information content (AvgIpc) is 2.37. The van der Waals surface area contributed by atoms with E-state index in [4.69, 9.17) is 30.4 Å². The zero-order valence-corrected chi connectivity index (χ0v) is 13.8. The zero-order valence-electron chi connectivity index (χ0n) is 13.8. The van der Waals surface area contributed by atoms with Gasteiger partial charge in [-0.1, -0.05) is 0 Å². The fourth-order valence-corrected chi connectivity index (χ4v) is 1.62. The smallest absolute Gasteiger partial charge is 0.146 e. The lowest BCUT2D eigenvalue weighted by molar-refractivity contribution is -0.0693. The molecular weight excluding hydrogens is 274 g/mol. The van der Waals surface area contributed by atoms with E-state index in [0.29, 0.717) is 26.4 Å². The molecule has 0 saturated carbocycles. The molecule has 0 aromatic carbocycles. The van der Waals surface area contributed by atoms with Gasteiger partial charge in [0.2, 0.25) is 0 Å². The van der Waals surface area contributed by atoms with Crippen LogP contribution in [0.2, 0.25) is 0 Å². The van der Waals surface area contributed by atoms with Crippen LogP contribution in [0.3, 0.4) is 0 Å². The SMILES string of the molecule is CC(N)COCOCC(C)NC(C)COCOCC(C)N. The lowest BCUT2D eigenvalue weighted by atomic mass is 10.3. The van der Waals surface area contributed by atoms with Gasteiger partial charge in [-0.15, -0.1) is 0 Å². The molecule has 5 N–H and O–H groups in total. The molecule has 4 unspecified atom stereocenters. The van der Waals surface area contributed by atoms with E-state index in [1.807, 2.05) is 13.8 Å². The first-order valence-corrected chi connectivity index (χ1v) is 7.50. The second-order valence-corrected chi connectivity index (χ2v) is 5.64. The highest BCUT2D eigenvalue weighted by atomic mass is 16.7. The minimum atomic E-state index is 0.0331. The number of nitrogens with two attached hydrogens (primary N) is 2. The molecule has 21 heavy (non-hydrogen) atoms. The number of ether oxygens (including phenoxy) is 4. The Bertz CT molecular complexity index is 208. The van der Waals surface area contributed by atoms with Crippen molar-refractivity contribution in [3.05, 3.63) is 0 Å². The first-order chi connectivity index (χ1) is 9.91. The fourth-order valence-electron chi connectivity index (χ4n) is 1.62. The van der Waals surface area contributed by atoms with Crippen molar-refractivity contribution in [1.29, 1.82) is 0 Å². The van der Waals surface area contributed by atoms with Crippen LogP contribution < -0.4 is 16.8 Å². The molecule has 0 heterocycles.